The second-order valence-corrected chi connectivity index (χ2v) is 6.17. The molecule has 0 bridgehead atoms. The van der Waals surface area contributed by atoms with Crippen LogP contribution in [0.1, 0.15) is 12.8 Å². The van der Waals surface area contributed by atoms with Crippen molar-refractivity contribution in [3.05, 3.63) is 28.7 Å². The van der Waals surface area contributed by atoms with Crippen molar-refractivity contribution in [2.75, 3.05) is 31.1 Å². The first-order valence-electron chi connectivity index (χ1n) is 8.06. The summed E-state index contributed by atoms with van der Waals surface area (Å²) in [4.78, 5) is 41.5. The Kier molecular flexibility index (Phi) is 3.51. The number of carbonyl (C=O) groups excluding carboxylic acids is 2. The number of benzene rings is 1. The standard InChI is InChI=1S/C16H18N4O4/c21-14-4-2-11(17-14)15(22)20-7-5-19(6-8-20)10-1-3-13-12(9-10)18-16(23)24-13/h1,3,9,11H,2,4-8H2,(H,17,21)(H,18,23). The molecule has 2 fully saturated rings. The quantitative estimate of drug-likeness (QED) is 0.811. The van der Waals surface area contributed by atoms with Gasteiger partial charge in [-0.25, -0.2) is 4.79 Å². The number of hydrogen-bond acceptors (Lipinski definition) is 5. The van der Waals surface area contributed by atoms with Crippen molar-refractivity contribution in [2.45, 2.75) is 18.9 Å². The van der Waals surface area contributed by atoms with E-state index in [0.717, 1.165) is 5.69 Å². The van der Waals surface area contributed by atoms with Crippen LogP contribution in [0.4, 0.5) is 5.69 Å². The van der Waals surface area contributed by atoms with Crippen LogP contribution in [0.2, 0.25) is 0 Å². The van der Waals surface area contributed by atoms with E-state index in [1.165, 1.54) is 0 Å². The van der Waals surface area contributed by atoms with Crippen LogP contribution in [0.5, 0.6) is 0 Å². The molecule has 8 heteroatoms. The van der Waals surface area contributed by atoms with Gasteiger partial charge in [-0.2, -0.15) is 0 Å². The molecule has 0 saturated carbocycles. The number of anilines is 1. The summed E-state index contributed by atoms with van der Waals surface area (Å²) in [5, 5.41) is 2.73. The maximum atomic E-state index is 12.4. The number of fused-ring (bicyclic) bond motifs is 1. The lowest BCUT2D eigenvalue weighted by Gasteiger charge is -2.37. The van der Waals surface area contributed by atoms with Gasteiger partial charge in [0.1, 0.15) is 6.04 Å². The molecule has 2 amide bonds. The van der Waals surface area contributed by atoms with E-state index in [1.807, 2.05) is 17.0 Å². The molecule has 2 saturated heterocycles. The largest absolute Gasteiger partial charge is 0.417 e. The average Bonchev–Trinajstić information content (AvgIpc) is 3.18. The van der Waals surface area contributed by atoms with E-state index in [9.17, 15) is 14.4 Å². The highest BCUT2D eigenvalue weighted by Crippen LogP contribution is 2.22. The second-order valence-electron chi connectivity index (χ2n) is 6.17. The lowest BCUT2D eigenvalue weighted by molar-refractivity contribution is -0.134. The average molecular weight is 330 g/mol. The van der Waals surface area contributed by atoms with Crippen LogP contribution in [-0.2, 0) is 9.59 Å². The molecule has 0 radical (unpaired) electrons. The minimum Gasteiger partial charge on any atom is -0.408 e. The molecule has 1 unspecified atom stereocenters. The number of H-pyrrole nitrogens is 1. The minimum absolute atomic E-state index is 0.00937. The van der Waals surface area contributed by atoms with Gasteiger partial charge in [0.2, 0.25) is 11.8 Å². The van der Waals surface area contributed by atoms with E-state index in [4.69, 9.17) is 4.42 Å². The maximum absolute atomic E-state index is 12.4. The molecule has 24 heavy (non-hydrogen) atoms. The molecule has 126 valence electrons. The Hall–Kier alpha value is -2.77. The van der Waals surface area contributed by atoms with E-state index in [-0.39, 0.29) is 17.9 Å². The zero-order valence-corrected chi connectivity index (χ0v) is 13.1. The molecule has 8 nitrogen and oxygen atoms in total. The zero-order chi connectivity index (χ0) is 16.7. The molecule has 0 aliphatic carbocycles. The topological polar surface area (TPSA) is 98.7 Å². The highest BCUT2D eigenvalue weighted by Gasteiger charge is 2.32. The van der Waals surface area contributed by atoms with Crippen LogP contribution in [-0.4, -0.2) is 53.9 Å². The molecule has 2 N–H and O–H groups in total. The highest BCUT2D eigenvalue weighted by molar-refractivity contribution is 5.91. The molecule has 1 atom stereocenters. The van der Waals surface area contributed by atoms with Crippen LogP contribution in [0.25, 0.3) is 11.1 Å². The summed E-state index contributed by atoms with van der Waals surface area (Å²) in [6.07, 6.45) is 1.02. The summed E-state index contributed by atoms with van der Waals surface area (Å²) in [5.41, 5.74) is 2.19. The Bertz CT molecular complexity index is 847. The van der Waals surface area contributed by atoms with Crippen molar-refractivity contribution in [1.82, 2.24) is 15.2 Å². The molecule has 1 aromatic heterocycles. The van der Waals surface area contributed by atoms with Gasteiger partial charge in [-0.1, -0.05) is 0 Å². The molecule has 3 heterocycles. The smallest absolute Gasteiger partial charge is 0.408 e. The summed E-state index contributed by atoms with van der Waals surface area (Å²) in [6, 6.07) is 5.20. The van der Waals surface area contributed by atoms with E-state index in [1.54, 1.807) is 6.07 Å². The molecule has 4 rings (SSSR count). The van der Waals surface area contributed by atoms with Crippen LogP contribution in [0.3, 0.4) is 0 Å². The summed E-state index contributed by atoms with van der Waals surface area (Å²) in [5.74, 6) is -0.499. The number of oxazole rings is 1. The number of aromatic nitrogens is 1. The van der Waals surface area contributed by atoms with Gasteiger partial charge in [-0.15, -0.1) is 0 Å². The number of nitrogens with one attached hydrogen (secondary N) is 2. The van der Waals surface area contributed by atoms with Crippen LogP contribution in [0.15, 0.2) is 27.4 Å². The van der Waals surface area contributed by atoms with Crippen molar-refractivity contribution >= 4 is 28.6 Å². The molecule has 0 spiro atoms. The number of aromatic amines is 1. The Morgan fingerprint density at radius 1 is 1.17 bits per heavy atom. The van der Waals surface area contributed by atoms with Crippen molar-refractivity contribution < 1.29 is 14.0 Å². The Labute approximate surface area is 137 Å². The summed E-state index contributed by atoms with van der Waals surface area (Å²) in [7, 11) is 0. The SMILES string of the molecule is O=C1CCC(C(=O)N2CCN(c3ccc4oc(=O)[nH]c4c3)CC2)N1. The van der Waals surface area contributed by atoms with E-state index in [2.05, 4.69) is 15.2 Å². The van der Waals surface area contributed by atoms with Gasteiger partial charge in [0.25, 0.3) is 0 Å². The lowest BCUT2D eigenvalue weighted by atomic mass is 10.1. The molecule has 2 aromatic rings. The Morgan fingerprint density at radius 3 is 2.67 bits per heavy atom. The predicted octanol–water partition coefficient (Wildman–Crippen LogP) is 0.0483. The van der Waals surface area contributed by atoms with Crippen molar-refractivity contribution in [2.24, 2.45) is 0 Å². The highest BCUT2D eigenvalue weighted by atomic mass is 16.4. The Morgan fingerprint density at radius 2 is 1.96 bits per heavy atom. The third-order valence-electron chi connectivity index (χ3n) is 4.65. The summed E-state index contributed by atoms with van der Waals surface area (Å²) < 4.78 is 5.01. The van der Waals surface area contributed by atoms with Gasteiger partial charge in [-0.05, 0) is 24.6 Å². The zero-order valence-electron chi connectivity index (χ0n) is 13.1. The predicted molar refractivity (Wildman–Crippen MR) is 86.8 cm³/mol. The van der Waals surface area contributed by atoms with Crippen molar-refractivity contribution in [3.8, 4) is 0 Å². The number of amides is 2. The van der Waals surface area contributed by atoms with E-state index in [0.29, 0.717) is 50.1 Å². The first-order valence-corrected chi connectivity index (χ1v) is 8.06. The molecule has 2 aliphatic heterocycles. The van der Waals surface area contributed by atoms with Gasteiger partial charge in [0.15, 0.2) is 5.58 Å². The fourth-order valence-corrected chi connectivity index (χ4v) is 3.34. The normalized spacial score (nSPS) is 21.3. The first kappa shape index (κ1) is 14.8. The monoisotopic (exact) mass is 330 g/mol. The third kappa shape index (κ3) is 2.64. The van der Waals surface area contributed by atoms with Crippen molar-refractivity contribution in [3.63, 3.8) is 0 Å². The minimum atomic E-state index is -0.462. The number of hydrogen-bond donors (Lipinski definition) is 2. The van der Waals surface area contributed by atoms with Gasteiger partial charge in [0, 0.05) is 38.3 Å². The summed E-state index contributed by atoms with van der Waals surface area (Å²) >= 11 is 0. The molecular formula is C16H18N4O4. The van der Waals surface area contributed by atoms with Crippen LogP contribution < -0.4 is 16.0 Å². The van der Waals surface area contributed by atoms with E-state index >= 15 is 0 Å². The molecule has 2 aliphatic rings. The van der Waals surface area contributed by atoms with Gasteiger partial charge >= 0.3 is 5.76 Å². The number of nitrogens with zero attached hydrogens (tertiary/aromatic N) is 2. The van der Waals surface area contributed by atoms with Gasteiger partial charge in [-0.3, -0.25) is 14.6 Å². The second kappa shape index (κ2) is 5.70. The number of piperazine rings is 1. The van der Waals surface area contributed by atoms with Gasteiger partial charge in [0.05, 0.1) is 5.52 Å². The lowest BCUT2D eigenvalue weighted by Crippen LogP contribution is -2.53. The molecular weight excluding hydrogens is 312 g/mol. The Balaban J connectivity index is 1.42. The molecule has 1 aromatic carbocycles. The number of rotatable bonds is 2. The van der Waals surface area contributed by atoms with Crippen molar-refractivity contribution in [1.29, 1.82) is 0 Å². The van der Waals surface area contributed by atoms with Crippen LogP contribution >= 0.6 is 0 Å². The number of carbonyl (C=O) groups is 2. The fourth-order valence-electron chi connectivity index (χ4n) is 3.34. The van der Waals surface area contributed by atoms with Crippen LogP contribution in [0, 0.1) is 0 Å². The van der Waals surface area contributed by atoms with E-state index < -0.39 is 5.76 Å². The van der Waals surface area contributed by atoms with Gasteiger partial charge < -0.3 is 19.5 Å². The fraction of sp³-hybridized carbons (Fsp3) is 0.438. The summed E-state index contributed by atoms with van der Waals surface area (Å²) in [6.45, 7) is 2.65. The maximum Gasteiger partial charge on any atom is 0.417 e. The third-order valence-corrected chi connectivity index (χ3v) is 4.65. The first-order chi connectivity index (χ1) is 11.6.